The predicted molar refractivity (Wildman–Crippen MR) is 122 cm³/mol. The number of nitriles is 1. The number of fused-ring (bicyclic) bond motifs is 1. The third kappa shape index (κ3) is 4.68. The Labute approximate surface area is 185 Å². The SMILES string of the molecule is N#C/C(=C\c1cn(CCOc2ccccc2)c2ccccc12)C(=O)Nc1ccccc1F. The third-order valence-electron chi connectivity index (χ3n) is 4.95. The zero-order valence-corrected chi connectivity index (χ0v) is 17.2. The molecule has 1 N–H and O–H groups in total. The summed E-state index contributed by atoms with van der Waals surface area (Å²) in [5, 5.41) is 12.9. The van der Waals surface area contributed by atoms with Gasteiger partial charge >= 0.3 is 0 Å². The van der Waals surface area contributed by atoms with E-state index < -0.39 is 11.7 Å². The lowest BCUT2D eigenvalue weighted by Gasteiger charge is -2.08. The molecule has 0 atom stereocenters. The van der Waals surface area contributed by atoms with Crippen molar-refractivity contribution in [2.45, 2.75) is 6.54 Å². The van der Waals surface area contributed by atoms with E-state index in [1.165, 1.54) is 24.3 Å². The van der Waals surface area contributed by atoms with Gasteiger partial charge in [-0.25, -0.2) is 4.39 Å². The summed E-state index contributed by atoms with van der Waals surface area (Å²) in [6.07, 6.45) is 3.40. The summed E-state index contributed by atoms with van der Waals surface area (Å²) in [5.74, 6) is -0.435. The third-order valence-corrected chi connectivity index (χ3v) is 4.95. The molecule has 3 aromatic carbocycles. The number of nitrogens with zero attached hydrogens (tertiary/aromatic N) is 2. The Morgan fingerprint density at radius 1 is 1.03 bits per heavy atom. The number of aromatic nitrogens is 1. The first-order chi connectivity index (χ1) is 15.7. The van der Waals surface area contributed by atoms with Gasteiger partial charge in [-0.3, -0.25) is 4.79 Å². The van der Waals surface area contributed by atoms with Gasteiger partial charge < -0.3 is 14.6 Å². The summed E-state index contributed by atoms with van der Waals surface area (Å²) >= 11 is 0. The molecule has 0 fully saturated rings. The maximum Gasteiger partial charge on any atom is 0.266 e. The zero-order chi connectivity index (χ0) is 22.3. The Hall–Kier alpha value is -4.37. The Kier molecular flexibility index (Phi) is 6.28. The summed E-state index contributed by atoms with van der Waals surface area (Å²) in [4.78, 5) is 12.6. The van der Waals surface area contributed by atoms with Crippen molar-refractivity contribution >= 4 is 28.6 Å². The molecule has 1 heterocycles. The second-order valence-corrected chi connectivity index (χ2v) is 7.06. The first-order valence-corrected chi connectivity index (χ1v) is 10.1. The number of rotatable bonds is 7. The van der Waals surface area contributed by atoms with Crippen LogP contribution in [0.4, 0.5) is 10.1 Å². The van der Waals surface area contributed by atoms with Crippen LogP contribution in [0.5, 0.6) is 5.75 Å². The molecule has 0 aliphatic carbocycles. The zero-order valence-electron chi connectivity index (χ0n) is 17.2. The molecule has 0 aliphatic rings. The van der Waals surface area contributed by atoms with E-state index >= 15 is 0 Å². The Bertz CT molecular complexity index is 1320. The molecule has 5 nitrogen and oxygen atoms in total. The number of para-hydroxylation sites is 3. The van der Waals surface area contributed by atoms with Crippen LogP contribution < -0.4 is 10.1 Å². The van der Waals surface area contributed by atoms with Crippen LogP contribution in [0.25, 0.3) is 17.0 Å². The van der Waals surface area contributed by atoms with E-state index in [-0.39, 0.29) is 11.3 Å². The van der Waals surface area contributed by atoms with Crippen LogP contribution in [-0.2, 0) is 11.3 Å². The summed E-state index contributed by atoms with van der Waals surface area (Å²) in [6, 6.07) is 25.0. The Morgan fingerprint density at radius 2 is 1.75 bits per heavy atom. The first kappa shape index (κ1) is 20.9. The molecule has 4 rings (SSSR count). The van der Waals surface area contributed by atoms with E-state index in [1.54, 1.807) is 6.07 Å². The standard InChI is InChI=1S/C26H20FN3O2/c27-23-11-5-6-12-24(23)29-26(31)19(17-28)16-20-18-30(25-13-7-4-10-22(20)25)14-15-32-21-8-2-1-3-9-21/h1-13,16,18H,14-15H2,(H,29,31)/b19-16+. The molecule has 4 aromatic rings. The predicted octanol–water partition coefficient (Wildman–Crippen LogP) is 5.41. The maximum absolute atomic E-state index is 13.9. The van der Waals surface area contributed by atoms with Crippen molar-refractivity contribution < 1.29 is 13.9 Å². The molecule has 0 unspecified atom stereocenters. The molecule has 0 saturated heterocycles. The minimum absolute atomic E-state index is 0.0270. The van der Waals surface area contributed by atoms with Crippen LogP contribution in [0.1, 0.15) is 5.56 Å². The van der Waals surface area contributed by atoms with E-state index in [0.717, 1.165) is 22.2 Å². The highest BCUT2D eigenvalue weighted by molar-refractivity contribution is 6.10. The number of hydrogen-bond donors (Lipinski definition) is 1. The number of ether oxygens (including phenoxy) is 1. The van der Waals surface area contributed by atoms with Crippen molar-refractivity contribution in [3.63, 3.8) is 0 Å². The van der Waals surface area contributed by atoms with E-state index in [9.17, 15) is 14.4 Å². The van der Waals surface area contributed by atoms with Crippen LogP contribution in [0.15, 0.2) is 90.6 Å². The first-order valence-electron chi connectivity index (χ1n) is 10.1. The molecule has 1 aromatic heterocycles. The smallest absolute Gasteiger partial charge is 0.266 e. The number of anilines is 1. The summed E-state index contributed by atoms with van der Waals surface area (Å²) in [7, 11) is 0. The molecule has 32 heavy (non-hydrogen) atoms. The second-order valence-electron chi connectivity index (χ2n) is 7.06. The maximum atomic E-state index is 13.9. The quantitative estimate of drug-likeness (QED) is 0.318. The summed E-state index contributed by atoms with van der Waals surface area (Å²) in [5.41, 5.74) is 1.60. The number of amides is 1. The van der Waals surface area contributed by atoms with E-state index in [1.807, 2.05) is 71.4 Å². The number of carbonyl (C=O) groups is 1. The van der Waals surface area contributed by atoms with Crippen molar-refractivity contribution in [2.75, 3.05) is 11.9 Å². The topological polar surface area (TPSA) is 67.0 Å². The minimum atomic E-state index is -0.665. The van der Waals surface area contributed by atoms with Gasteiger partial charge in [0.1, 0.15) is 29.8 Å². The van der Waals surface area contributed by atoms with Gasteiger partial charge in [-0.15, -0.1) is 0 Å². The Morgan fingerprint density at radius 3 is 2.53 bits per heavy atom. The molecule has 0 spiro atoms. The van der Waals surface area contributed by atoms with Crippen LogP contribution in [-0.4, -0.2) is 17.1 Å². The lowest BCUT2D eigenvalue weighted by molar-refractivity contribution is -0.112. The van der Waals surface area contributed by atoms with Crippen molar-refractivity contribution in [1.29, 1.82) is 5.26 Å². The highest BCUT2D eigenvalue weighted by atomic mass is 19.1. The van der Waals surface area contributed by atoms with Gasteiger partial charge in [0.25, 0.3) is 5.91 Å². The molecule has 158 valence electrons. The van der Waals surface area contributed by atoms with Gasteiger partial charge in [0.15, 0.2) is 0 Å². The number of nitrogens with one attached hydrogen (secondary N) is 1. The molecule has 0 bridgehead atoms. The van der Waals surface area contributed by atoms with E-state index in [4.69, 9.17) is 4.74 Å². The average Bonchev–Trinajstić information content (AvgIpc) is 3.17. The van der Waals surface area contributed by atoms with E-state index in [0.29, 0.717) is 13.2 Å². The van der Waals surface area contributed by atoms with Crippen molar-refractivity contribution in [3.8, 4) is 11.8 Å². The second kappa shape index (κ2) is 9.63. The number of benzene rings is 3. The van der Waals surface area contributed by atoms with Gasteiger partial charge in [-0.2, -0.15) is 5.26 Å². The number of hydrogen-bond acceptors (Lipinski definition) is 3. The van der Waals surface area contributed by atoms with Crippen LogP contribution in [0.2, 0.25) is 0 Å². The van der Waals surface area contributed by atoms with Gasteiger partial charge in [-0.1, -0.05) is 48.5 Å². The molecule has 0 aliphatic heterocycles. The summed E-state index contributed by atoms with van der Waals surface area (Å²) in [6.45, 7) is 1.05. The normalized spacial score (nSPS) is 11.2. The molecule has 0 saturated carbocycles. The Balaban J connectivity index is 1.57. The van der Waals surface area contributed by atoms with Gasteiger partial charge in [0, 0.05) is 22.7 Å². The molecular weight excluding hydrogens is 405 g/mol. The van der Waals surface area contributed by atoms with Crippen molar-refractivity contribution in [2.24, 2.45) is 0 Å². The minimum Gasteiger partial charge on any atom is -0.492 e. The lowest BCUT2D eigenvalue weighted by atomic mass is 10.1. The monoisotopic (exact) mass is 425 g/mol. The van der Waals surface area contributed by atoms with Crippen molar-refractivity contribution in [1.82, 2.24) is 4.57 Å². The lowest BCUT2D eigenvalue weighted by Crippen LogP contribution is -2.14. The average molecular weight is 425 g/mol. The van der Waals surface area contributed by atoms with Gasteiger partial charge in [0.2, 0.25) is 0 Å². The molecule has 6 heteroatoms. The molecule has 0 radical (unpaired) electrons. The highest BCUT2D eigenvalue weighted by Gasteiger charge is 2.14. The summed E-state index contributed by atoms with van der Waals surface area (Å²) < 4.78 is 21.7. The molecule has 1 amide bonds. The van der Waals surface area contributed by atoms with Gasteiger partial charge in [0.05, 0.1) is 12.2 Å². The van der Waals surface area contributed by atoms with Crippen LogP contribution in [0, 0.1) is 17.1 Å². The fourth-order valence-electron chi connectivity index (χ4n) is 3.41. The van der Waals surface area contributed by atoms with E-state index in [2.05, 4.69) is 5.32 Å². The highest BCUT2D eigenvalue weighted by Crippen LogP contribution is 2.24. The number of carbonyl (C=O) groups excluding carboxylic acids is 1. The van der Waals surface area contributed by atoms with Gasteiger partial charge in [-0.05, 0) is 36.4 Å². The number of halogens is 1. The fraction of sp³-hybridized carbons (Fsp3) is 0.0769. The van der Waals surface area contributed by atoms with Crippen LogP contribution in [0.3, 0.4) is 0 Å². The van der Waals surface area contributed by atoms with Crippen LogP contribution >= 0.6 is 0 Å². The molecular formula is C26H20FN3O2. The van der Waals surface area contributed by atoms with Crippen molar-refractivity contribution in [3.05, 3.63) is 102 Å². The fourth-order valence-corrected chi connectivity index (χ4v) is 3.41. The largest absolute Gasteiger partial charge is 0.492 e.